The topological polar surface area (TPSA) is 420 Å². The van der Waals surface area contributed by atoms with Gasteiger partial charge >= 0.3 is 22.3 Å². The predicted molar refractivity (Wildman–Crippen MR) is 302 cm³/mol. The van der Waals surface area contributed by atoms with Crippen molar-refractivity contribution in [1.29, 1.82) is 0 Å². The van der Waals surface area contributed by atoms with Crippen LogP contribution in [0.2, 0.25) is 0 Å². The standard InChI is InChI=1S/C60H96O29S/c1-25(2)12-11-17-59(9)49-32(81-27(4)62)20-58(8)29-13-14-35-56(5,6)36(16-18-57(35,7)28(29)15-19-60(49,58)55(72)88-59)83-53-47(39(67)34(24-79-53)89-90(73,74)75)87-54-48(86-50-40(68)37(65)30(63)22-77-50)41(69)44(26(3)80-54)84-51-42(70)45(31(64)23-78-51)85-52-43(71)46(76-10)38(66)33(21-61)82-52/h13,25-26,28,30-54,61,63-71H,11-12,14-24H2,1-10H3,(H,73,74,75)/t26-,28-,30-,31-,32+,33-,34-,35+,36+,37+,38-,39+,40-,41+,42-,43-,44-,45+,46+,47-,48-,49-,50+,51+,52+,53+,54+,57-,58+,59+,60?/m1/s1. The van der Waals surface area contributed by atoms with Crippen molar-refractivity contribution >= 4 is 22.3 Å². The Hall–Kier alpha value is -2.29. The highest BCUT2D eigenvalue weighted by atomic mass is 32.3. The van der Waals surface area contributed by atoms with Gasteiger partial charge in [-0.1, -0.05) is 59.6 Å². The van der Waals surface area contributed by atoms with E-state index in [0.29, 0.717) is 50.9 Å². The highest BCUT2D eigenvalue weighted by Gasteiger charge is 2.79. The van der Waals surface area contributed by atoms with Crippen molar-refractivity contribution in [2.24, 2.45) is 45.3 Å². The first-order valence-corrected chi connectivity index (χ1v) is 33.0. The highest BCUT2D eigenvalue weighted by Crippen LogP contribution is 2.77. The van der Waals surface area contributed by atoms with Gasteiger partial charge in [-0.15, -0.1) is 0 Å². The van der Waals surface area contributed by atoms with Gasteiger partial charge in [-0.25, -0.2) is 4.18 Å². The van der Waals surface area contributed by atoms with Gasteiger partial charge < -0.3 is 113 Å². The third kappa shape index (κ3) is 12.6. The average Bonchev–Trinajstić information content (AvgIpc) is 1.45. The van der Waals surface area contributed by atoms with E-state index in [1.807, 2.05) is 6.92 Å². The van der Waals surface area contributed by atoms with Gasteiger partial charge in [-0.05, 0) is 93.8 Å². The Kier molecular flexibility index (Phi) is 20.8. The first kappa shape index (κ1) is 70.5. The molecule has 1 spiro atoms. The second-order valence-electron chi connectivity index (χ2n) is 28.4. The smallest absolute Gasteiger partial charge is 0.397 e. The van der Waals surface area contributed by atoms with Crippen LogP contribution in [0.25, 0.3) is 0 Å². The number of hydrogen-bond acceptors (Lipinski definition) is 28. The van der Waals surface area contributed by atoms with Crippen molar-refractivity contribution in [3.8, 4) is 0 Å². The van der Waals surface area contributed by atoms with Crippen LogP contribution in [0.5, 0.6) is 0 Å². The molecule has 31 atom stereocenters. The number of fused-ring (bicyclic) bond motifs is 4. The first-order chi connectivity index (χ1) is 42.2. The summed E-state index contributed by atoms with van der Waals surface area (Å²) < 4.78 is 118. The molecule has 1 unspecified atom stereocenters. The van der Waals surface area contributed by atoms with Crippen LogP contribution in [0.3, 0.4) is 0 Å². The normalized spacial score (nSPS) is 50.3. The molecule has 6 heterocycles. The SMILES string of the molecule is CO[C@@H]1[C@@H](O)[C@H](O[C@@H]2[C@@H](O)[C@H](O[C@H]3[C@H](O)[C@@H](O[C@@H]4OC[C@@H](O)[C@H](O)[C@H]4O)[C@H](O[C@H]4[C@H](O[C@H]5CC[C@]6(C)[C@@H]7CCC89C(=O)O[C@@](C)(CCCC(C)C)[C@H]8[C@@H](OC(C)=O)C[C@@]9(C)C7=CC[C@H]6C5(C)C)OC[C@@H](OS(=O)(=O)O)[C@@H]4O)O[C@@H]3C)OC[C@H]2O)O[C@H](CO)[C@H]1O. The number of methoxy groups -OCH3 is 1. The number of aliphatic hydroxyl groups excluding tert-OH is 10. The zero-order chi connectivity index (χ0) is 65.7. The van der Waals surface area contributed by atoms with E-state index in [4.69, 9.17) is 65.8 Å². The van der Waals surface area contributed by atoms with Crippen molar-refractivity contribution in [1.82, 2.24) is 0 Å². The largest absolute Gasteiger partial charge is 0.462 e. The van der Waals surface area contributed by atoms with E-state index in [2.05, 4.69) is 47.6 Å². The zero-order valence-electron chi connectivity index (χ0n) is 52.6. The van der Waals surface area contributed by atoms with E-state index >= 15 is 0 Å². The fourth-order valence-corrected chi connectivity index (χ4v) is 18.2. The summed E-state index contributed by atoms with van der Waals surface area (Å²) in [6.45, 7) is 15.2. The summed E-state index contributed by atoms with van der Waals surface area (Å²) in [6, 6.07) is 0. The molecule has 9 fully saturated rings. The minimum atomic E-state index is -5.26. The lowest BCUT2D eigenvalue weighted by molar-refractivity contribution is -0.399. The fourth-order valence-electron chi connectivity index (χ4n) is 17.7. The second kappa shape index (κ2) is 26.6. The molecule has 29 nitrogen and oxygen atoms in total. The quantitative estimate of drug-likeness (QED) is 0.0427. The number of carbonyl (C=O) groups is 2. The molecular formula is C60H96O29S. The summed E-state index contributed by atoms with van der Waals surface area (Å²) in [7, 11) is -4.06. The number of cyclic esters (lactones) is 1. The average molecular weight is 1310 g/mol. The molecule has 6 saturated heterocycles. The van der Waals surface area contributed by atoms with Gasteiger partial charge in [0.15, 0.2) is 31.5 Å². The molecule has 4 aliphatic carbocycles. The number of carbonyl (C=O) groups excluding carboxylic acids is 2. The molecule has 10 rings (SSSR count). The maximum atomic E-state index is 14.8. The molecule has 0 aromatic carbocycles. The van der Waals surface area contributed by atoms with Crippen molar-refractivity contribution < 1.29 is 139 Å². The molecule has 0 aromatic heterocycles. The summed E-state index contributed by atoms with van der Waals surface area (Å²) in [5.41, 5.74) is -2.36. The molecule has 11 N–H and O–H groups in total. The molecule has 30 heteroatoms. The van der Waals surface area contributed by atoms with Crippen LogP contribution < -0.4 is 0 Å². The summed E-state index contributed by atoms with van der Waals surface area (Å²) in [4.78, 5) is 27.6. The Morgan fingerprint density at radius 3 is 1.98 bits per heavy atom. The third-order valence-corrected chi connectivity index (χ3v) is 22.6. The Morgan fingerprint density at radius 1 is 0.700 bits per heavy atom. The summed E-state index contributed by atoms with van der Waals surface area (Å²) in [5, 5.41) is 111. The van der Waals surface area contributed by atoms with Crippen molar-refractivity contribution in [2.75, 3.05) is 33.5 Å². The molecule has 3 saturated carbocycles. The van der Waals surface area contributed by atoms with E-state index < -0.39 is 212 Å². The maximum absolute atomic E-state index is 14.8. The van der Waals surface area contributed by atoms with Crippen LogP contribution in [0.4, 0.5) is 0 Å². The molecule has 6 aliphatic heterocycles. The maximum Gasteiger partial charge on any atom is 0.397 e. The van der Waals surface area contributed by atoms with Crippen LogP contribution in [0.15, 0.2) is 11.6 Å². The molecule has 0 aromatic rings. The number of esters is 2. The van der Waals surface area contributed by atoms with Gasteiger partial charge in [0.25, 0.3) is 0 Å². The van der Waals surface area contributed by atoms with Crippen LogP contribution in [-0.2, 0) is 85.8 Å². The van der Waals surface area contributed by atoms with Gasteiger partial charge in [0.05, 0.1) is 50.0 Å². The fraction of sp³-hybridized carbons (Fsp3) is 0.933. The highest BCUT2D eigenvalue weighted by molar-refractivity contribution is 7.80. The van der Waals surface area contributed by atoms with Crippen LogP contribution in [0.1, 0.15) is 120 Å². The molecule has 90 heavy (non-hydrogen) atoms. The third-order valence-electron chi connectivity index (χ3n) is 22.1. The van der Waals surface area contributed by atoms with Gasteiger partial charge in [-0.3, -0.25) is 14.1 Å². The molecule has 0 radical (unpaired) electrons. The second-order valence-corrected chi connectivity index (χ2v) is 29.5. The molecule has 0 bridgehead atoms. The van der Waals surface area contributed by atoms with Gasteiger partial charge in [0.2, 0.25) is 0 Å². The van der Waals surface area contributed by atoms with E-state index in [-0.39, 0.29) is 29.1 Å². The number of hydrogen-bond donors (Lipinski definition) is 11. The Balaban J connectivity index is 0.904. The van der Waals surface area contributed by atoms with Crippen LogP contribution in [-0.4, -0.2) is 263 Å². The number of allylic oxidation sites excluding steroid dienone is 2. The predicted octanol–water partition coefficient (Wildman–Crippen LogP) is -0.837. The molecular weight excluding hydrogens is 1220 g/mol. The monoisotopic (exact) mass is 1310 g/mol. The Labute approximate surface area is 523 Å². The molecule has 0 amide bonds. The lowest BCUT2D eigenvalue weighted by atomic mass is 9.41. The number of aliphatic hydroxyl groups is 10. The van der Waals surface area contributed by atoms with Gasteiger partial charge in [0, 0.05) is 19.4 Å². The van der Waals surface area contributed by atoms with E-state index in [9.17, 15) is 73.6 Å². The van der Waals surface area contributed by atoms with Gasteiger partial charge in [-0.2, -0.15) is 8.42 Å². The minimum Gasteiger partial charge on any atom is -0.462 e. The Bertz CT molecular complexity index is 2670. The first-order valence-electron chi connectivity index (χ1n) is 31.6. The number of ether oxygens (including phenoxy) is 13. The van der Waals surface area contributed by atoms with Crippen molar-refractivity contribution in [3.63, 3.8) is 0 Å². The summed E-state index contributed by atoms with van der Waals surface area (Å²) >= 11 is 0. The Morgan fingerprint density at radius 2 is 1.32 bits per heavy atom. The van der Waals surface area contributed by atoms with Crippen LogP contribution >= 0.6 is 0 Å². The van der Waals surface area contributed by atoms with E-state index in [1.165, 1.54) is 26.5 Å². The van der Waals surface area contributed by atoms with Crippen molar-refractivity contribution in [3.05, 3.63) is 11.6 Å². The molecule has 516 valence electrons. The molecule has 10 aliphatic rings. The number of rotatable bonds is 19. The lowest BCUT2D eigenvalue weighted by Crippen LogP contribution is -2.67. The van der Waals surface area contributed by atoms with Gasteiger partial charge in [0.1, 0.15) is 109 Å². The van der Waals surface area contributed by atoms with Crippen LogP contribution in [0, 0.1) is 45.3 Å². The zero-order valence-corrected chi connectivity index (χ0v) is 53.4. The lowest BCUT2D eigenvalue weighted by Gasteiger charge is -2.64. The summed E-state index contributed by atoms with van der Waals surface area (Å²) in [6.07, 6.45) is -30.9. The van der Waals surface area contributed by atoms with E-state index in [1.54, 1.807) is 0 Å². The minimum absolute atomic E-state index is 0.00396. The van der Waals surface area contributed by atoms with E-state index in [0.717, 1.165) is 12.8 Å². The van der Waals surface area contributed by atoms with Crippen molar-refractivity contribution in [2.45, 2.75) is 273 Å². The summed E-state index contributed by atoms with van der Waals surface area (Å²) in [5.74, 6) is -0.620.